The van der Waals surface area contributed by atoms with Crippen LogP contribution >= 0.6 is 0 Å². The number of amides is 1. The molecule has 2 aromatic carbocycles. The Bertz CT molecular complexity index is 838. The lowest BCUT2D eigenvalue weighted by molar-refractivity contribution is -0.117. The fourth-order valence-electron chi connectivity index (χ4n) is 4.27. The normalized spacial score (nSPS) is 17.7. The van der Waals surface area contributed by atoms with E-state index in [4.69, 9.17) is 10.5 Å². The van der Waals surface area contributed by atoms with Crippen molar-refractivity contribution in [3.8, 4) is 16.9 Å². The number of rotatable bonds is 6. The molecular formula is C23H26FNO2. The molecule has 2 aromatic rings. The minimum atomic E-state index is -0.371. The van der Waals surface area contributed by atoms with Gasteiger partial charge in [-0.05, 0) is 79.3 Å². The van der Waals surface area contributed by atoms with Crippen LogP contribution in [0.2, 0.25) is 0 Å². The van der Waals surface area contributed by atoms with Crippen LogP contribution in [0, 0.1) is 5.82 Å². The van der Waals surface area contributed by atoms with Crippen LogP contribution in [0.1, 0.15) is 62.0 Å². The Morgan fingerprint density at radius 1 is 1.04 bits per heavy atom. The Morgan fingerprint density at radius 3 is 2.48 bits per heavy atom. The molecule has 3 nitrogen and oxygen atoms in total. The van der Waals surface area contributed by atoms with Crippen LogP contribution in [0.4, 0.5) is 4.39 Å². The Morgan fingerprint density at radius 2 is 1.81 bits per heavy atom. The standard InChI is InChI=1S/C23H26FNO2/c24-20-10-4-9-18(23(20)16-5-3-6-16)19-13-15(14-22(25)26)11-12-21(19)27-17-7-1-2-8-17/h4,9-13,16-17H,1-3,5-8,14H2,(H2,25,26). The van der Waals surface area contributed by atoms with E-state index < -0.39 is 0 Å². The van der Waals surface area contributed by atoms with Crippen molar-refractivity contribution < 1.29 is 13.9 Å². The summed E-state index contributed by atoms with van der Waals surface area (Å²) in [6.45, 7) is 0. The highest BCUT2D eigenvalue weighted by molar-refractivity contribution is 5.79. The summed E-state index contributed by atoms with van der Waals surface area (Å²) in [6, 6.07) is 11.0. The average Bonchev–Trinajstić information content (AvgIpc) is 3.09. The Labute approximate surface area is 159 Å². The topological polar surface area (TPSA) is 52.3 Å². The van der Waals surface area contributed by atoms with Crippen molar-refractivity contribution in [3.63, 3.8) is 0 Å². The molecule has 0 bridgehead atoms. The average molecular weight is 367 g/mol. The molecule has 0 heterocycles. The number of carbonyl (C=O) groups is 1. The fraction of sp³-hybridized carbons (Fsp3) is 0.435. The second kappa shape index (κ2) is 7.71. The predicted octanol–water partition coefficient (Wildman–Crippen LogP) is 5.11. The van der Waals surface area contributed by atoms with E-state index in [2.05, 4.69) is 0 Å². The van der Waals surface area contributed by atoms with Crippen molar-refractivity contribution in [2.75, 3.05) is 0 Å². The molecule has 2 N–H and O–H groups in total. The Balaban J connectivity index is 1.79. The van der Waals surface area contributed by atoms with Gasteiger partial charge in [-0.25, -0.2) is 4.39 Å². The maximum atomic E-state index is 14.7. The van der Waals surface area contributed by atoms with Gasteiger partial charge >= 0.3 is 0 Å². The lowest BCUT2D eigenvalue weighted by Crippen LogP contribution is -2.15. The zero-order valence-corrected chi connectivity index (χ0v) is 15.5. The summed E-state index contributed by atoms with van der Waals surface area (Å²) < 4.78 is 21.0. The first-order valence-corrected chi connectivity index (χ1v) is 9.98. The third kappa shape index (κ3) is 3.85. The van der Waals surface area contributed by atoms with Gasteiger partial charge < -0.3 is 10.5 Å². The van der Waals surface area contributed by atoms with Gasteiger partial charge in [-0.3, -0.25) is 4.79 Å². The molecule has 2 aliphatic carbocycles. The van der Waals surface area contributed by atoms with Gasteiger partial charge in [0.25, 0.3) is 0 Å². The zero-order valence-electron chi connectivity index (χ0n) is 15.5. The number of benzene rings is 2. The van der Waals surface area contributed by atoms with Gasteiger partial charge in [0.15, 0.2) is 0 Å². The first-order chi connectivity index (χ1) is 13.1. The Hall–Kier alpha value is -2.36. The van der Waals surface area contributed by atoms with E-state index in [0.717, 1.165) is 60.1 Å². The van der Waals surface area contributed by atoms with Crippen LogP contribution in [-0.4, -0.2) is 12.0 Å². The molecule has 0 unspecified atom stereocenters. The summed E-state index contributed by atoms with van der Waals surface area (Å²) in [4.78, 5) is 11.4. The largest absolute Gasteiger partial charge is 0.490 e. The second-order valence-electron chi connectivity index (χ2n) is 7.83. The maximum absolute atomic E-state index is 14.7. The monoisotopic (exact) mass is 367 g/mol. The molecule has 0 radical (unpaired) electrons. The van der Waals surface area contributed by atoms with Crippen molar-refractivity contribution >= 4 is 5.91 Å². The minimum absolute atomic E-state index is 0.149. The summed E-state index contributed by atoms with van der Waals surface area (Å²) in [5.74, 6) is 0.523. The molecule has 142 valence electrons. The van der Waals surface area contributed by atoms with E-state index in [-0.39, 0.29) is 30.2 Å². The van der Waals surface area contributed by atoms with Gasteiger partial charge in [0.2, 0.25) is 5.91 Å². The molecule has 2 saturated carbocycles. The summed E-state index contributed by atoms with van der Waals surface area (Å²) in [6.07, 6.45) is 8.06. The highest BCUT2D eigenvalue weighted by Crippen LogP contribution is 2.45. The van der Waals surface area contributed by atoms with E-state index >= 15 is 0 Å². The first-order valence-electron chi connectivity index (χ1n) is 9.98. The number of ether oxygens (including phenoxy) is 1. The molecule has 0 aliphatic heterocycles. The molecule has 0 aromatic heterocycles. The summed E-state index contributed by atoms with van der Waals surface area (Å²) in [5.41, 5.74) is 8.77. The van der Waals surface area contributed by atoms with Crippen LogP contribution in [0.25, 0.3) is 11.1 Å². The number of hydrogen-bond acceptors (Lipinski definition) is 2. The van der Waals surface area contributed by atoms with Crippen molar-refractivity contribution in [1.82, 2.24) is 0 Å². The molecule has 2 fully saturated rings. The minimum Gasteiger partial charge on any atom is -0.490 e. The third-order valence-corrected chi connectivity index (χ3v) is 5.87. The van der Waals surface area contributed by atoms with Gasteiger partial charge in [-0.1, -0.05) is 24.6 Å². The van der Waals surface area contributed by atoms with E-state index in [0.29, 0.717) is 0 Å². The smallest absolute Gasteiger partial charge is 0.221 e. The van der Waals surface area contributed by atoms with E-state index in [9.17, 15) is 9.18 Å². The van der Waals surface area contributed by atoms with Crippen LogP contribution in [0.3, 0.4) is 0 Å². The fourth-order valence-corrected chi connectivity index (χ4v) is 4.27. The molecule has 0 spiro atoms. The van der Waals surface area contributed by atoms with Crippen molar-refractivity contribution in [3.05, 3.63) is 53.3 Å². The number of primary amides is 1. The number of nitrogens with two attached hydrogens (primary N) is 1. The van der Waals surface area contributed by atoms with Gasteiger partial charge in [0, 0.05) is 5.56 Å². The maximum Gasteiger partial charge on any atom is 0.221 e. The van der Waals surface area contributed by atoms with Crippen molar-refractivity contribution in [2.45, 2.75) is 63.4 Å². The van der Waals surface area contributed by atoms with Gasteiger partial charge in [-0.15, -0.1) is 0 Å². The summed E-state index contributed by atoms with van der Waals surface area (Å²) in [7, 11) is 0. The lowest BCUT2D eigenvalue weighted by atomic mass is 9.76. The number of hydrogen-bond donors (Lipinski definition) is 1. The first kappa shape index (κ1) is 18.0. The van der Waals surface area contributed by atoms with Crippen LogP contribution in [-0.2, 0) is 11.2 Å². The predicted molar refractivity (Wildman–Crippen MR) is 104 cm³/mol. The lowest BCUT2D eigenvalue weighted by Gasteiger charge is -2.29. The van der Waals surface area contributed by atoms with Crippen LogP contribution < -0.4 is 10.5 Å². The second-order valence-corrected chi connectivity index (χ2v) is 7.83. The van der Waals surface area contributed by atoms with Gasteiger partial charge in [-0.2, -0.15) is 0 Å². The number of carbonyl (C=O) groups excluding carboxylic acids is 1. The highest BCUT2D eigenvalue weighted by Gasteiger charge is 2.27. The van der Waals surface area contributed by atoms with Crippen molar-refractivity contribution in [1.29, 1.82) is 0 Å². The molecule has 0 saturated heterocycles. The van der Waals surface area contributed by atoms with E-state index in [1.807, 2.05) is 24.3 Å². The summed E-state index contributed by atoms with van der Waals surface area (Å²) in [5, 5.41) is 0. The highest BCUT2D eigenvalue weighted by atomic mass is 19.1. The van der Waals surface area contributed by atoms with Crippen LogP contribution in [0.5, 0.6) is 5.75 Å². The third-order valence-electron chi connectivity index (χ3n) is 5.87. The molecule has 4 rings (SSSR count). The number of halogens is 1. The van der Waals surface area contributed by atoms with Gasteiger partial charge in [0.1, 0.15) is 11.6 Å². The van der Waals surface area contributed by atoms with Crippen molar-refractivity contribution in [2.24, 2.45) is 5.73 Å². The Kier molecular flexibility index (Phi) is 5.15. The van der Waals surface area contributed by atoms with Gasteiger partial charge in [0.05, 0.1) is 12.5 Å². The molecule has 2 aliphatic rings. The molecule has 4 heteroatoms. The quantitative estimate of drug-likeness (QED) is 0.771. The summed E-state index contributed by atoms with van der Waals surface area (Å²) >= 11 is 0. The SMILES string of the molecule is NC(=O)Cc1ccc(OC2CCCC2)c(-c2cccc(F)c2C2CCC2)c1. The van der Waals surface area contributed by atoms with E-state index in [1.165, 1.54) is 12.8 Å². The molecule has 0 atom stereocenters. The molecular weight excluding hydrogens is 341 g/mol. The molecule has 27 heavy (non-hydrogen) atoms. The molecule has 1 amide bonds. The van der Waals surface area contributed by atoms with E-state index in [1.54, 1.807) is 12.1 Å². The van der Waals surface area contributed by atoms with Crippen LogP contribution in [0.15, 0.2) is 36.4 Å². The zero-order chi connectivity index (χ0) is 18.8.